The number of carbonyl (C=O) groups is 1. The number of anilines is 1. The van der Waals surface area contributed by atoms with Gasteiger partial charge in [-0.25, -0.2) is 13.4 Å². The van der Waals surface area contributed by atoms with Gasteiger partial charge in [0.1, 0.15) is 10.7 Å². The average Bonchev–Trinajstić information content (AvgIpc) is 2.80. The van der Waals surface area contributed by atoms with Gasteiger partial charge in [-0.1, -0.05) is 19.3 Å². The maximum absolute atomic E-state index is 12.9. The fourth-order valence-electron chi connectivity index (χ4n) is 4.84. The van der Waals surface area contributed by atoms with Crippen LogP contribution in [0.15, 0.2) is 23.2 Å². The van der Waals surface area contributed by atoms with Crippen molar-refractivity contribution in [3.05, 3.63) is 18.3 Å². The highest BCUT2D eigenvalue weighted by molar-refractivity contribution is 7.89. The largest absolute Gasteiger partial charge is 0.353 e. The quantitative estimate of drug-likeness (QED) is 0.680. The van der Waals surface area contributed by atoms with Gasteiger partial charge < -0.3 is 14.7 Å². The molecule has 3 heterocycles. The molecular formula is C22H35N5O3S. The number of rotatable bonds is 5. The maximum Gasteiger partial charge on any atom is 0.244 e. The van der Waals surface area contributed by atoms with Crippen LogP contribution >= 0.6 is 0 Å². The average molecular weight is 450 g/mol. The Morgan fingerprint density at radius 2 is 1.65 bits per heavy atom. The van der Waals surface area contributed by atoms with Gasteiger partial charge in [0, 0.05) is 65.0 Å². The molecule has 1 amide bonds. The number of hydrogen-bond donors (Lipinski definition) is 0. The van der Waals surface area contributed by atoms with E-state index in [1.807, 2.05) is 11.9 Å². The molecule has 8 nitrogen and oxygen atoms in total. The second-order valence-corrected chi connectivity index (χ2v) is 11.1. The number of aromatic nitrogens is 1. The highest BCUT2D eigenvalue weighted by Crippen LogP contribution is 2.27. The summed E-state index contributed by atoms with van der Waals surface area (Å²) in [4.78, 5) is 23.6. The minimum absolute atomic E-state index is 0.252. The molecule has 1 aliphatic carbocycles. The van der Waals surface area contributed by atoms with E-state index in [-0.39, 0.29) is 10.8 Å². The Hall–Kier alpha value is -1.71. The number of pyridine rings is 1. The molecule has 0 spiro atoms. The smallest absolute Gasteiger partial charge is 0.244 e. The Kier molecular flexibility index (Phi) is 7.13. The van der Waals surface area contributed by atoms with Gasteiger partial charge in [-0.2, -0.15) is 4.31 Å². The van der Waals surface area contributed by atoms with E-state index in [4.69, 9.17) is 0 Å². The van der Waals surface area contributed by atoms with E-state index in [0.29, 0.717) is 38.5 Å². The lowest BCUT2D eigenvalue weighted by Crippen LogP contribution is -2.49. The van der Waals surface area contributed by atoms with E-state index >= 15 is 0 Å². The van der Waals surface area contributed by atoms with E-state index in [0.717, 1.165) is 32.0 Å². The van der Waals surface area contributed by atoms with Crippen molar-refractivity contribution >= 4 is 21.7 Å². The summed E-state index contributed by atoms with van der Waals surface area (Å²) in [5.74, 6) is 1.63. The van der Waals surface area contributed by atoms with E-state index in [2.05, 4.69) is 14.8 Å². The van der Waals surface area contributed by atoms with Gasteiger partial charge in [-0.3, -0.25) is 4.79 Å². The fraction of sp³-hybridized carbons (Fsp3) is 0.727. The number of amides is 1. The molecule has 4 rings (SSSR count). The zero-order valence-corrected chi connectivity index (χ0v) is 19.4. The van der Waals surface area contributed by atoms with Gasteiger partial charge >= 0.3 is 0 Å². The first-order valence-corrected chi connectivity index (χ1v) is 13.0. The van der Waals surface area contributed by atoms with Gasteiger partial charge in [-0.05, 0) is 37.9 Å². The Labute approximate surface area is 186 Å². The van der Waals surface area contributed by atoms with Crippen LogP contribution in [0, 0.1) is 5.92 Å². The molecular weight excluding hydrogens is 414 g/mol. The van der Waals surface area contributed by atoms with Crippen molar-refractivity contribution in [3.8, 4) is 0 Å². The summed E-state index contributed by atoms with van der Waals surface area (Å²) < 4.78 is 27.3. The Morgan fingerprint density at radius 3 is 2.26 bits per heavy atom. The van der Waals surface area contributed by atoms with E-state index in [9.17, 15) is 13.2 Å². The second-order valence-electron chi connectivity index (χ2n) is 9.14. The topological polar surface area (TPSA) is 77.1 Å². The van der Waals surface area contributed by atoms with Crippen LogP contribution in [0.2, 0.25) is 0 Å². The molecule has 0 N–H and O–H groups in total. The lowest BCUT2D eigenvalue weighted by atomic mass is 9.86. The molecule has 2 saturated heterocycles. The molecule has 1 saturated carbocycles. The molecule has 0 unspecified atom stereocenters. The molecule has 2 aliphatic heterocycles. The van der Waals surface area contributed by atoms with Crippen LogP contribution in [0.25, 0.3) is 0 Å². The maximum atomic E-state index is 12.9. The molecule has 0 atom stereocenters. The molecule has 0 bridgehead atoms. The normalized spacial score (nSPS) is 22.6. The molecule has 0 radical (unpaired) electrons. The van der Waals surface area contributed by atoms with Crippen LogP contribution in [0.4, 0.5) is 5.82 Å². The third kappa shape index (κ3) is 5.38. The van der Waals surface area contributed by atoms with E-state index in [1.54, 1.807) is 16.4 Å². The Morgan fingerprint density at radius 1 is 0.968 bits per heavy atom. The number of nitrogens with zero attached hydrogens (tertiary/aromatic N) is 5. The van der Waals surface area contributed by atoms with Crippen molar-refractivity contribution in [1.82, 2.24) is 19.1 Å². The summed E-state index contributed by atoms with van der Waals surface area (Å²) in [6.07, 6.45) is 8.39. The highest BCUT2D eigenvalue weighted by atomic mass is 32.2. The fourth-order valence-corrected chi connectivity index (χ4v) is 6.21. The summed E-state index contributed by atoms with van der Waals surface area (Å²) in [6, 6.07) is 3.46. The molecule has 1 aromatic rings. The number of carbonyl (C=O) groups excluding carboxylic acids is 1. The Bertz CT molecular complexity index is 838. The molecule has 1 aromatic heterocycles. The molecule has 172 valence electrons. The Balaban J connectivity index is 1.30. The minimum atomic E-state index is -3.49. The van der Waals surface area contributed by atoms with Gasteiger partial charge in [0.15, 0.2) is 0 Å². The van der Waals surface area contributed by atoms with Crippen LogP contribution < -0.4 is 4.90 Å². The number of likely N-dealkylation sites (N-methyl/N-ethyl adjacent to an activating group) is 1. The van der Waals surface area contributed by atoms with Crippen LogP contribution in [-0.2, 0) is 14.8 Å². The van der Waals surface area contributed by atoms with Crippen LogP contribution in [-0.4, -0.2) is 92.8 Å². The molecule has 9 heteroatoms. The molecule has 3 fully saturated rings. The van der Waals surface area contributed by atoms with Gasteiger partial charge in [-0.15, -0.1) is 0 Å². The van der Waals surface area contributed by atoms with Crippen molar-refractivity contribution < 1.29 is 13.2 Å². The first kappa shape index (κ1) is 22.5. The third-order valence-corrected chi connectivity index (χ3v) is 8.85. The van der Waals surface area contributed by atoms with Gasteiger partial charge in [0.25, 0.3) is 0 Å². The predicted molar refractivity (Wildman–Crippen MR) is 120 cm³/mol. The number of hydrogen-bond acceptors (Lipinski definition) is 6. The monoisotopic (exact) mass is 449 g/mol. The number of sulfonamides is 1. The standard InChI is InChI=1S/C22H35N5O3S/c1-24-9-15-27(16-10-24)31(29,30)20-7-8-21(23-18-20)25-11-13-26(14-12-25)22(28)17-19-5-3-2-4-6-19/h7-8,18-19H,2-6,9-17H2,1H3. The van der Waals surface area contributed by atoms with E-state index in [1.165, 1.54) is 38.3 Å². The first-order chi connectivity index (χ1) is 14.9. The van der Waals surface area contributed by atoms with Crippen LogP contribution in [0.3, 0.4) is 0 Å². The van der Waals surface area contributed by atoms with Crippen molar-refractivity contribution in [1.29, 1.82) is 0 Å². The second kappa shape index (κ2) is 9.83. The molecule has 31 heavy (non-hydrogen) atoms. The molecule has 3 aliphatic rings. The zero-order chi connectivity index (χ0) is 21.8. The SMILES string of the molecule is CN1CCN(S(=O)(=O)c2ccc(N3CCN(C(=O)CC4CCCCC4)CC3)nc2)CC1. The van der Waals surface area contributed by atoms with Crippen molar-refractivity contribution in [3.63, 3.8) is 0 Å². The highest BCUT2D eigenvalue weighted by Gasteiger charge is 2.29. The first-order valence-electron chi connectivity index (χ1n) is 11.6. The lowest BCUT2D eigenvalue weighted by Gasteiger charge is -2.36. The van der Waals surface area contributed by atoms with Gasteiger partial charge in [0.2, 0.25) is 15.9 Å². The zero-order valence-electron chi connectivity index (χ0n) is 18.6. The van der Waals surface area contributed by atoms with Crippen LogP contribution in [0.1, 0.15) is 38.5 Å². The molecule has 0 aromatic carbocycles. The summed E-state index contributed by atoms with van der Waals surface area (Å²) in [6.45, 7) is 5.38. The van der Waals surface area contributed by atoms with Crippen molar-refractivity contribution in [2.75, 3.05) is 64.3 Å². The van der Waals surface area contributed by atoms with Crippen molar-refractivity contribution in [2.45, 2.75) is 43.4 Å². The minimum Gasteiger partial charge on any atom is -0.353 e. The summed E-state index contributed by atoms with van der Waals surface area (Å²) in [7, 11) is -1.49. The van der Waals surface area contributed by atoms with Gasteiger partial charge in [0.05, 0.1) is 0 Å². The number of piperazine rings is 2. The van der Waals surface area contributed by atoms with Crippen LogP contribution in [0.5, 0.6) is 0 Å². The third-order valence-electron chi connectivity index (χ3n) is 6.97. The summed E-state index contributed by atoms with van der Waals surface area (Å²) in [5, 5.41) is 0. The summed E-state index contributed by atoms with van der Waals surface area (Å²) in [5.41, 5.74) is 0. The van der Waals surface area contributed by atoms with E-state index < -0.39 is 10.0 Å². The van der Waals surface area contributed by atoms with Crippen molar-refractivity contribution in [2.24, 2.45) is 5.92 Å². The summed E-state index contributed by atoms with van der Waals surface area (Å²) >= 11 is 0. The predicted octanol–water partition coefficient (Wildman–Crippen LogP) is 1.64. The lowest BCUT2D eigenvalue weighted by molar-refractivity contribution is -0.132.